The molecule has 1 aliphatic carbocycles. The van der Waals surface area contributed by atoms with Crippen LogP contribution in [0.4, 0.5) is 0 Å². The summed E-state index contributed by atoms with van der Waals surface area (Å²) in [6.07, 6.45) is 4.92. The molecule has 24 heavy (non-hydrogen) atoms. The van der Waals surface area contributed by atoms with Crippen LogP contribution in [0.1, 0.15) is 36.2 Å². The molecular formula is C20H21N3O. The predicted octanol–water partition coefficient (Wildman–Crippen LogP) is 3.86. The third-order valence-corrected chi connectivity index (χ3v) is 4.89. The second-order valence-electron chi connectivity index (χ2n) is 6.58. The Morgan fingerprint density at radius 3 is 2.46 bits per heavy atom. The Kier molecular flexibility index (Phi) is 3.90. The van der Waals surface area contributed by atoms with Gasteiger partial charge in [-0.25, -0.2) is 0 Å². The van der Waals surface area contributed by atoms with Gasteiger partial charge in [0, 0.05) is 5.56 Å². The lowest BCUT2D eigenvalue weighted by Gasteiger charge is -2.34. The molecule has 1 heterocycles. The minimum Gasteiger partial charge on any atom is -0.334 e. The lowest BCUT2D eigenvalue weighted by molar-refractivity contribution is 0.229. The van der Waals surface area contributed by atoms with Gasteiger partial charge in [-0.15, -0.1) is 0 Å². The molecule has 1 aromatic heterocycles. The zero-order valence-corrected chi connectivity index (χ0v) is 13.6. The first kappa shape index (κ1) is 15.1. The van der Waals surface area contributed by atoms with E-state index in [1.54, 1.807) is 0 Å². The standard InChI is InChI=1S/C20H21N3O/c21-20(13-6-14-20)19-22-18(24-23-19)17-10-5-4-9-16(17)12-11-15-7-2-1-3-8-15/h1-5,7-10H,6,11-14,21H2. The Balaban J connectivity index is 1.57. The maximum Gasteiger partial charge on any atom is 0.258 e. The molecule has 1 fully saturated rings. The topological polar surface area (TPSA) is 64.9 Å². The van der Waals surface area contributed by atoms with E-state index in [0.29, 0.717) is 11.7 Å². The van der Waals surface area contributed by atoms with Gasteiger partial charge in [-0.05, 0) is 49.3 Å². The maximum atomic E-state index is 6.30. The summed E-state index contributed by atoms with van der Waals surface area (Å²) in [7, 11) is 0. The summed E-state index contributed by atoms with van der Waals surface area (Å²) in [5, 5.41) is 4.13. The van der Waals surface area contributed by atoms with Crippen molar-refractivity contribution in [3.05, 3.63) is 71.5 Å². The average molecular weight is 319 g/mol. The van der Waals surface area contributed by atoms with Crippen LogP contribution in [-0.4, -0.2) is 10.1 Å². The van der Waals surface area contributed by atoms with Crippen LogP contribution in [0.2, 0.25) is 0 Å². The fourth-order valence-electron chi connectivity index (χ4n) is 3.19. The number of hydrogen-bond acceptors (Lipinski definition) is 4. The molecule has 0 spiro atoms. The van der Waals surface area contributed by atoms with E-state index >= 15 is 0 Å². The maximum absolute atomic E-state index is 6.30. The Hall–Kier alpha value is -2.46. The SMILES string of the molecule is NC1(c2noc(-c3ccccc3CCc3ccccc3)n2)CCC1. The molecule has 4 heteroatoms. The van der Waals surface area contributed by atoms with Crippen molar-refractivity contribution in [3.63, 3.8) is 0 Å². The van der Waals surface area contributed by atoms with Gasteiger partial charge < -0.3 is 10.3 Å². The molecule has 4 rings (SSSR count). The Bertz CT molecular complexity index is 822. The van der Waals surface area contributed by atoms with Crippen LogP contribution in [-0.2, 0) is 18.4 Å². The molecule has 0 aliphatic heterocycles. The monoisotopic (exact) mass is 319 g/mol. The van der Waals surface area contributed by atoms with Crippen LogP contribution in [0.15, 0.2) is 59.1 Å². The number of nitrogens with zero attached hydrogens (tertiary/aromatic N) is 2. The van der Waals surface area contributed by atoms with E-state index in [1.807, 2.05) is 18.2 Å². The third kappa shape index (κ3) is 2.85. The van der Waals surface area contributed by atoms with E-state index in [4.69, 9.17) is 10.3 Å². The second kappa shape index (κ2) is 6.21. The fourth-order valence-corrected chi connectivity index (χ4v) is 3.19. The minimum atomic E-state index is -0.388. The van der Waals surface area contributed by atoms with E-state index in [-0.39, 0.29) is 5.54 Å². The highest BCUT2D eigenvalue weighted by atomic mass is 16.5. The largest absolute Gasteiger partial charge is 0.334 e. The van der Waals surface area contributed by atoms with E-state index in [2.05, 4.69) is 46.5 Å². The molecule has 2 N–H and O–H groups in total. The van der Waals surface area contributed by atoms with Gasteiger partial charge in [-0.2, -0.15) is 4.98 Å². The highest BCUT2D eigenvalue weighted by Crippen LogP contribution is 2.38. The van der Waals surface area contributed by atoms with E-state index < -0.39 is 0 Å². The van der Waals surface area contributed by atoms with Crippen LogP contribution in [0.3, 0.4) is 0 Å². The molecule has 0 saturated heterocycles. The highest BCUT2D eigenvalue weighted by Gasteiger charge is 2.39. The lowest BCUT2D eigenvalue weighted by atomic mass is 9.77. The second-order valence-corrected chi connectivity index (χ2v) is 6.58. The minimum absolute atomic E-state index is 0.388. The molecule has 0 bridgehead atoms. The smallest absolute Gasteiger partial charge is 0.258 e. The summed E-state index contributed by atoms with van der Waals surface area (Å²) < 4.78 is 5.52. The number of nitrogens with two attached hydrogens (primary N) is 1. The normalized spacial score (nSPS) is 15.9. The van der Waals surface area contributed by atoms with Crippen molar-refractivity contribution in [3.8, 4) is 11.5 Å². The number of aryl methyl sites for hydroxylation is 2. The fraction of sp³-hybridized carbons (Fsp3) is 0.300. The summed E-state index contributed by atoms with van der Waals surface area (Å²) >= 11 is 0. The van der Waals surface area contributed by atoms with Crippen LogP contribution in [0.25, 0.3) is 11.5 Å². The first-order chi connectivity index (χ1) is 11.7. The van der Waals surface area contributed by atoms with Gasteiger partial charge >= 0.3 is 0 Å². The van der Waals surface area contributed by atoms with Crippen LogP contribution < -0.4 is 5.73 Å². The Labute approximate surface area is 141 Å². The summed E-state index contributed by atoms with van der Waals surface area (Å²) in [6, 6.07) is 18.7. The third-order valence-electron chi connectivity index (χ3n) is 4.89. The van der Waals surface area contributed by atoms with Crippen molar-refractivity contribution in [2.24, 2.45) is 5.73 Å². The molecule has 0 unspecified atom stereocenters. The van der Waals surface area contributed by atoms with Gasteiger partial charge in [-0.1, -0.05) is 53.7 Å². The predicted molar refractivity (Wildman–Crippen MR) is 93.3 cm³/mol. The Morgan fingerprint density at radius 2 is 1.71 bits per heavy atom. The highest BCUT2D eigenvalue weighted by molar-refractivity contribution is 5.58. The van der Waals surface area contributed by atoms with Crippen molar-refractivity contribution in [1.82, 2.24) is 10.1 Å². The van der Waals surface area contributed by atoms with Gasteiger partial charge in [0.2, 0.25) is 0 Å². The lowest BCUT2D eigenvalue weighted by Crippen LogP contribution is -2.44. The zero-order chi connectivity index (χ0) is 16.4. The first-order valence-electron chi connectivity index (χ1n) is 8.50. The molecule has 0 amide bonds. The number of hydrogen-bond donors (Lipinski definition) is 1. The van der Waals surface area contributed by atoms with Crippen LogP contribution in [0, 0.1) is 0 Å². The summed E-state index contributed by atoms with van der Waals surface area (Å²) in [5.74, 6) is 1.21. The van der Waals surface area contributed by atoms with Crippen LogP contribution >= 0.6 is 0 Å². The zero-order valence-electron chi connectivity index (χ0n) is 13.6. The molecule has 2 aromatic carbocycles. The average Bonchev–Trinajstić information content (AvgIpc) is 3.09. The Morgan fingerprint density at radius 1 is 0.958 bits per heavy atom. The molecule has 122 valence electrons. The quantitative estimate of drug-likeness (QED) is 0.775. The molecule has 1 saturated carbocycles. The molecule has 1 aliphatic rings. The summed E-state index contributed by atoms with van der Waals surface area (Å²) in [5.41, 5.74) is 9.47. The van der Waals surface area contributed by atoms with Gasteiger partial charge in [0.15, 0.2) is 5.82 Å². The van der Waals surface area contributed by atoms with E-state index in [0.717, 1.165) is 37.7 Å². The van der Waals surface area contributed by atoms with Crippen molar-refractivity contribution >= 4 is 0 Å². The van der Waals surface area contributed by atoms with Crippen molar-refractivity contribution in [1.29, 1.82) is 0 Å². The first-order valence-corrected chi connectivity index (χ1v) is 8.50. The van der Waals surface area contributed by atoms with Crippen molar-refractivity contribution < 1.29 is 4.52 Å². The van der Waals surface area contributed by atoms with Crippen LogP contribution in [0.5, 0.6) is 0 Å². The number of aromatic nitrogens is 2. The van der Waals surface area contributed by atoms with Gasteiger partial charge in [0.25, 0.3) is 5.89 Å². The molecular weight excluding hydrogens is 298 g/mol. The van der Waals surface area contributed by atoms with Gasteiger partial charge in [0.1, 0.15) is 0 Å². The van der Waals surface area contributed by atoms with Gasteiger partial charge in [0.05, 0.1) is 5.54 Å². The summed E-state index contributed by atoms with van der Waals surface area (Å²) in [4.78, 5) is 4.59. The van der Waals surface area contributed by atoms with E-state index in [9.17, 15) is 0 Å². The van der Waals surface area contributed by atoms with Crippen molar-refractivity contribution in [2.45, 2.75) is 37.6 Å². The number of rotatable bonds is 5. The van der Waals surface area contributed by atoms with Gasteiger partial charge in [-0.3, -0.25) is 0 Å². The summed E-state index contributed by atoms with van der Waals surface area (Å²) in [6.45, 7) is 0. The molecule has 3 aromatic rings. The van der Waals surface area contributed by atoms with E-state index in [1.165, 1.54) is 11.1 Å². The molecule has 0 radical (unpaired) electrons. The molecule has 0 atom stereocenters. The molecule has 4 nitrogen and oxygen atoms in total. The number of benzene rings is 2. The van der Waals surface area contributed by atoms with Crippen molar-refractivity contribution in [2.75, 3.05) is 0 Å².